The van der Waals surface area contributed by atoms with Crippen LogP contribution < -0.4 is 5.73 Å². The van der Waals surface area contributed by atoms with E-state index in [0.29, 0.717) is 18.8 Å². The van der Waals surface area contributed by atoms with Crippen LogP contribution in [0.4, 0.5) is 0 Å². The van der Waals surface area contributed by atoms with Crippen LogP contribution in [-0.4, -0.2) is 31.5 Å². The highest BCUT2D eigenvalue weighted by Crippen LogP contribution is 2.27. The van der Waals surface area contributed by atoms with E-state index in [-0.39, 0.29) is 6.10 Å². The van der Waals surface area contributed by atoms with Gasteiger partial charge in [0.05, 0.1) is 24.9 Å². The maximum absolute atomic E-state index is 5.96. The second kappa shape index (κ2) is 5.99. The third-order valence-corrected chi connectivity index (χ3v) is 3.86. The van der Waals surface area contributed by atoms with Gasteiger partial charge in [0.15, 0.2) is 0 Å². The van der Waals surface area contributed by atoms with Crippen LogP contribution in [0.5, 0.6) is 0 Å². The third kappa shape index (κ3) is 3.44. The second-order valence-electron chi connectivity index (χ2n) is 5.42. The fraction of sp³-hybridized carbons (Fsp3) is 1.00. The van der Waals surface area contributed by atoms with Gasteiger partial charge in [0.25, 0.3) is 0 Å². The maximum atomic E-state index is 5.96. The summed E-state index contributed by atoms with van der Waals surface area (Å²) in [5.74, 6) is 0.833. The zero-order chi connectivity index (χ0) is 11.4. The van der Waals surface area contributed by atoms with E-state index in [1.54, 1.807) is 0 Å². The lowest BCUT2D eigenvalue weighted by Gasteiger charge is -2.27. The van der Waals surface area contributed by atoms with Gasteiger partial charge in [-0.05, 0) is 31.6 Å². The van der Waals surface area contributed by atoms with Crippen molar-refractivity contribution in [2.45, 2.75) is 63.8 Å². The number of ether oxygens (including phenoxy) is 2. The van der Waals surface area contributed by atoms with Gasteiger partial charge in [0.1, 0.15) is 0 Å². The van der Waals surface area contributed by atoms with Crippen molar-refractivity contribution in [2.75, 3.05) is 13.2 Å². The molecule has 2 N–H and O–H groups in total. The average molecular weight is 227 g/mol. The van der Waals surface area contributed by atoms with Crippen molar-refractivity contribution >= 4 is 0 Å². The Morgan fingerprint density at radius 3 is 2.69 bits per heavy atom. The molecule has 1 aliphatic heterocycles. The van der Waals surface area contributed by atoms with Crippen LogP contribution in [-0.2, 0) is 9.47 Å². The van der Waals surface area contributed by atoms with Gasteiger partial charge in [-0.2, -0.15) is 0 Å². The standard InChI is InChI=1S/C13H25NO2/c1-10-3-2-4-11(7-10)15-9-13-6-5-12(8-14)16-13/h10-13H,2-9,14H2,1H3. The summed E-state index contributed by atoms with van der Waals surface area (Å²) in [7, 11) is 0. The minimum absolute atomic E-state index is 0.277. The fourth-order valence-electron chi connectivity index (χ4n) is 2.85. The van der Waals surface area contributed by atoms with Crippen molar-refractivity contribution in [3.05, 3.63) is 0 Å². The number of hydrogen-bond acceptors (Lipinski definition) is 3. The first-order chi connectivity index (χ1) is 7.78. The molecule has 0 amide bonds. The van der Waals surface area contributed by atoms with Gasteiger partial charge >= 0.3 is 0 Å². The normalized spacial score (nSPS) is 40.1. The number of rotatable bonds is 4. The minimum Gasteiger partial charge on any atom is -0.376 e. The largest absolute Gasteiger partial charge is 0.376 e. The van der Waals surface area contributed by atoms with Crippen LogP contribution in [0.1, 0.15) is 45.4 Å². The highest BCUT2D eigenvalue weighted by atomic mass is 16.5. The summed E-state index contributed by atoms with van der Waals surface area (Å²) in [6, 6.07) is 0. The topological polar surface area (TPSA) is 44.5 Å². The lowest BCUT2D eigenvalue weighted by Crippen LogP contribution is -2.27. The van der Waals surface area contributed by atoms with Crippen molar-refractivity contribution in [3.63, 3.8) is 0 Å². The fourth-order valence-corrected chi connectivity index (χ4v) is 2.85. The van der Waals surface area contributed by atoms with Gasteiger partial charge < -0.3 is 15.2 Å². The van der Waals surface area contributed by atoms with Crippen LogP contribution >= 0.6 is 0 Å². The molecule has 2 fully saturated rings. The molecule has 1 aliphatic carbocycles. The third-order valence-electron chi connectivity index (χ3n) is 3.86. The minimum atomic E-state index is 0.277. The molecule has 2 rings (SSSR count). The predicted molar refractivity (Wildman–Crippen MR) is 64.3 cm³/mol. The van der Waals surface area contributed by atoms with Crippen molar-refractivity contribution in [3.8, 4) is 0 Å². The van der Waals surface area contributed by atoms with Crippen LogP contribution in [0, 0.1) is 5.92 Å². The van der Waals surface area contributed by atoms with Crippen LogP contribution in [0.2, 0.25) is 0 Å². The summed E-state index contributed by atoms with van der Waals surface area (Å²) in [5.41, 5.74) is 5.59. The first kappa shape index (κ1) is 12.3. The molecule has 4 unspecified atom stereocenters. The zero-order valence-electron chi connectivity index (χ0n) is 10.4. The molecule has 1 heterocycles. The monoisotopic (exact) mass is 227 g/mol. The molecular weight excluding hydrogens is 202 g/mol. The quantitative estimate of drug-likeness (QED) is 0.800. The second-order valence-corrected chi connectivity index (χ2v) is 5.42. The summed E-state index contributed by atoms with van der Waals surface area (Å²) in [5, 5.41) is 0. The number of nitrogens with two attached hydrogens (primary N) is 1. The Kier molecular flexibility index (Phi) is 4.62. The van der Waals surface area contributed by atoms with E-state index in [4.69, 9.17) is 15.2 Å². The highest BCUT2D eigenvalue weighted by Gasteiger charge is 2.26. The lowest BCUT2D eigenvalue weighted by atomic mass is 9.89. The Hall–Kier alpha value is -0.120. The molecule has 1 saturated carbocycles. The molecule has 4 atom stereocenters. The molecule has 0 spiro atoms. The van der Waals surface area contributed by atoms with E-state index in [2.05, 4.69) is 6.92 Å². The summed E-state index contributed by atoms with van der Waals surface area (Å²) in [6.07, 6.45) is 8.42. The van der Waals surface area contributed by atoms with Crippen molar-refractivity contribution in [1.82, 2.24) is 0 Å². The molecule has 1 saturated heterocycles. The Labute approximate surface area is 98.7 Å². The summed E-state index contributed by atoms with van der Waals surface area (Å²) in [6.45, 7) is 3.75. The molecule has 3 nitrogen and oxygen atoms in total. The summed E-state index contributed by atoms with van der Waals surface area (Å²) in [4.78, 5) is 0. The lowest BCUT2D eigenvalue weighted by molar-refractivity contribution is -0.0536. The van der Waals surface area contributed by atoms with Crippen LogP contribution in [0.25, 0.3) is 0 Å². The van der Waals surface area contributed by atoms with Crippen molar-refractivity contribution in [1.29, 1.82) is 0 Å². The Bertz CT molecular complexity index is 210. The maximum Gasteiger partial charge on any atom is 0.0814 e. The molecular formula is C13H25NO2. The van der Waals surface area contributed by atoms with Crippen molar-refractivity contribution in [2.24, 2.45) is 11.7 Å². The molecule has 3 heteroatoms. The Morgan fingerprint density at radius 2 is 2.00 bits per heavy atom. The molecule has 0 bridgehead atoms. The first-order valence-electron chi connectivity index (χ1n) is 6.75. The summed E-state index contributed by atoms with van der Waals surface area (Å²) >= 11 is 0. The van der Waals surface area contributed by atoms with Gasteiger partial charge in [-0.25, -0.2) is 0 Å². The van der Waals surface area contributed by atoms with E-state index >= 15 is 0 Å². The SMILES string of the molecule is CC1CCCC(OCC2CCC(CN)O2)C1. The number of hydrogen-bond donors (Lipinski definition) is 1. The van der Waals surface area contributed by atoms with E-state index in [9.17, 15) is 0 Å². The van der Waals surface area contributed by atoms with Crippen LogP contribution in [0.15, 0.2) is 0 Å². The Balaban J connectivity index is 1.64. The van der Waals surface area contributed by atoms with Crippen molar-refractivity contribution < 1.29 is 9.47 Å². The molecule has 0 aromatic heterocycles. The van der Waals surface area contributed by atoms with E-state index in [0.717, 1.165) is 25.4 Å². The van der Waals surface area contributed by atoms with Gasteiger partial charge in [-0.1, -0.05) is 19.8 Å². The predicted octanol–water partition coefficient (Wildman–Crippen LogP) is 2.09. The Morgan fingerprint density at radius 1 is 1.19 bits per heavy atom. The van der Waals surface area contributed by atoms with E-state index in [1.807, 2.05) is 0 Å². The van der Waals surface area contributed by atoms with Gasteiger partial charge in [-0.15, -0.1) is 0 Å². The molecule has 94 valence electrons. The van der Waals surface area contributed by atoms with E-state index in [1.165, 1.54) is 25.7 Å². The first-order valence-corrected chi connectivity index (χ1v) is 6.75. The van der Waals surface area contributed by atoms with Gasteiger partial charge in [0.2, 0.25) is 0 Å². The molecule has 0 aromatic rings. The molecule has 0 aromatic carbocycles. The summed E-state index contributed by atoms with van der Waals surface area (Å²) < 4.78 is 11.7. The highest BCUT2D eigenvalue weighted by molar-refractivity contribution is 4.76. The van der Waals surface area contributed by atoms with Gasteiger partial charge in [-0.3, -0.25) is 0 Å². The molecule has 0 radical (unpaired) electrons. The zero-order valence-corrected chi connectivity index (χ0v) is 10.4. The smallest absolute Gasteiger partial charge is 0.0814 e. The van der Waals surface area contributed by atoms with E-state index < -0.39 is 0 Å². The molecule has 16 heavy (non-hydrogen) atoms. The van der Waals surface area contributed by atoms with Gasteiger partial charge in [0, 0.05) is 6.54 Å². The molecule has 2 aliphatic rings. The average Bonchev–Trinajstić information content (AvgIpc) is 2.74. The van der Waals surface area contributed by atoms with Crippen LogP contribution in [0.3, 0.4) is 0 Å².